The van der Waals surface area contributed by atoms with Crippen LogP contribution in [-0.2, 0) is 0 Å². The third-order valence-electron chi connectivity index (χ3n) is 3.50. The lowest BCUT2D eigenvalue weighted by molar-refractivity contribution is 0.211. The predicted molar refractivity (Wildman–Crippen MR) is 89.3 cm³/mol. The molecule has 0 amide bonds. The number of aryl methyl sites for hydroxylation is 2. The Bertz CT molecular complexity index is 683. The van der Waals surface area contributed by atoms with E-state index in [-0.39, 0.29) is 0 Å². The summed E-state index contributed by atoms with van der Waals surface area (Å²) in [5, 5.41) is 11.8. The third-order valence-corrected chi connectivity index (χ3v) is 3.50. The van der Waals surface area contributed by atoms with Crippen molar-refractivity contribution < 1.29 is 19.4 Å². The lowest BCUT2D eigenvalue weighted by Crippen LogP contribution is -2.11. The van der Waals surface area contributed by atoms with E-state index < -0.39 is 0 Å². The Hall–Kier alpha value is -2.69. The topological polar surface area (TPSA) is 60.3 Å². The van der Waals surface area contributed by atoms with Gasteiger partial charge in [-0.15, -0.1) is 0 Å². The van der Waals surface area contributed by atoms with Crippen LogP contribution in [0.4, 0.5) is 0 Å². The Kier molecular flexibility index (Phi) is 5.86. The number of rotatable bonds is 7. The Morgan fingerprint density at radius 1 is 1.04 bits per heavy atom. The molecule has 0 fully saturated rings. The molecule has 0 radical (unpaired) electrons. The largest absolute Gasteiger partial charge is 0.493 e. The maximum absolute atomic E-state index is 8.72. The number of hydrogen-bond acceptors (Lipinski definition) is 5. The summed E-state index contributed by atoms with van der Waals surface area (Å²) in [6.45, 7) is 4.86. The van der Waals surface area contributed by atoms with Crippen LogP contribution in [0.15, 0.2) is 41.6 Å². The van der Waals surface area contributed by atoms with Crippen LogP contribution < -0.4 is 14.2 Å². The fourth-order valence-corrected chi connectivity index (χ4v) is 2.12. The second-order valence-electron chi connectivity index (χ2n) is 5.07. The van der Waals surface area contributed by atoms with Crippen molar-refractivity contribution in [3.63, 3.8) is 0 Å². The molecule has 0 heterocycles. The molecule has 0 bridgehead atoms. The van der Waals surface area contributed by atoms with Gasteiger partial charge in [-0.05, 0) is 49.2 Å². The van der Waals surface area contributed by atoms with Gasteiger partial charge < -0.3 is 19.4 Å². The molecule has 0 aromatic heterocycles. The van der Waals surface area contributed by atoms with Crippen molar-refractivity contribution in [2.45, 2.75) is 13.8 Å². The van der Waals surface area contributed by atoms with E-state index in [1.165, 1.54) is 17.3 Å². The molecule has 23 heavy (non-hydrogen) atoms. The minimum atomic E-state index is 0.347. The van der Waals surface area contributed by atoms with Crippen LogP contribution in [0, 0.1) is 13.8 Å². The first kappa shape index (κ1) is 16.7. The molecule has 0 atom stereocenters. The van der Waals surface area contributed by atoms with E-state index in [1.807, 2.05) is 25.1 Å². The summed E-state index contributed by atoms with van der Waals surface area (Å²) in [4.78, 5) is 0. The summed E-state index contributed by atoms with van der Waals surface area (Å²) >= 11 is 0. The van der Waals surface area contributed by atoms with Gasteiger partial charge in [0.05, 0.1) is 13.3 Å². The van der Waals surface area contributed by atoms with Gasteiger partial charge in [-0.2, -0.15) is 0 Å². The van der Waals surface area contributed by atoms with Gasteiger partial charge in [0.25, 0.3) is 0 Å². The van der Waals surface area contributed by atoms with E-state index >= 15 is 0 Å². The quantitative estimate of drug-likeness (QED) is 0.367. The second kappa shape index (κ2) is 8.08. The van der Waals surface area contributed by atoms with Crippen LogP contribution in [-0.4, -0.2) is 31.7 Å². The molecule has 0 aliphatic rings. The Morgan fingerprint density at radius 3 is 2.52 bits per heavy atom. The molecule has 0 aliphatic carbocycles. The van der Waals surface area contributed by atoms with Crippen molar-refractivity contribution >= 4 is 6.21 Å². The van der Waals surface area contributed by atoms with Crippen LogP contribution in [0.2, 0.25) is 0 Å². The minimum absolute atomic E-state index is 0.347. The Labute approximate surface area is 136 Å². The van der Waals surface area contributed by atoms with Crippen LogP contribution in [0.25, 0.3) is 0 Å². The SMILES string of the molecule is COc1cccc(C=NO)c1OCCOc1ccc(C)c(C)c1. The molecular formula is C18H21NO4. The Morgan fingerprint density at radius 2 is 1.83 bits per heavy atom. The van der Waals surface area contributed by atoms with Gasteiger partial charge >= 0.3 is 0 Å². The number of ether oxygens (including phenoxy) is 3. The molecule has 0 saturated heterocycles. The monoisotopic (exact) mass is 315 g/mol. The smallest absolute Gasteiger partial charge is 0.170 e. The molecule has 122 valence electrons. The van der Waals surface area contributed by atoms with Gasteiger partial charge in [0.2, 0.25) is 0 Å². The van der Waals surface area contributed by atoms with Gasteiger partial charge in [-0.1, -0.05) is 17.3 Å². The molecule has 0 unspecified atom stereocenters. The van der Waals surface area contributed by atoms with Crippen molar-refractivity contribution in [2.75, 3.05) is 20.3 Å². The summed E-state index contributed by atoms with van der Waals surface area (Å²) in [5.41, 5.74) is 3.06. The molecule has 0 aliphatic heterocycles. The van der Waals surface area contributed by atoms with Crippen molar-refractivity contribution in [1.82, 2.24) is 0 Å². The maximum atomic E-state index is 8.72. The number of oxime groups is 1. The number of methoxy groups -OCH3 is 1. The number of hydrogen-bond donors (Lipinski definition) is 1. The van der Waals surface area contributed by atoms with E-state index in [0.29, 0.717) is 30.3 Å². The lowest BCUT2D eigenvalue weighted by atomic mass is 10.1. The van der Waals surface area contributed by atoms with Gasteiger partial charge in [0, 0.05) is 5.56 Å². The molecule has 0 saturated carbocycles. The molecule has 5 nitrogen and oxygen atoms in total. The molecule has 2 aromatic carbocycles. The summed E-state index contributed by atoms with van der Waals surface area (Å²) in [6.07, 6.45) is 1.31. The van der Waals surface area contributed by atoms with Crippen LogP contribution in [0.3, 0.4) is 0 Å². The molecule has 2 rings (SSSR count). The summed E-state index contributed by atoms with van der Waals surface area (Å²) in [5.74, 6) is 1.92. The first-order valence-corrected chi connectivity index (χ1v) is 7.33. The molecule has 1 N–H and O–H groups in total. The normalized spacial score (nSPS) is 10.7. The van der Waals surface area contributed by atoms with Gasteiger partial charge in [0.15, 0.2) is 11.5 Å². The fourth-order valence-electron chi connectivity index (χ4n) is 2.12. The van der Waals surface area contributed by atoms with Crippen LogP contribution in [0.1, 0.15) is 16.7 Å². The molecular weight excluding hydrogens is 294 g/mol. The standard InChI is InChI=1S/C18H21NO4/c1-13-7-8-16(11-14(13)2)22-9-10-23-18-15(12-19-20)5-4-6-17(18)21-3/h4-8,11-12,20H,9-10H2,1-3H3. The van der Waals surface area contributed by atoms with E-state index in [1.54, 1.807) is 25.3 Å². The average Bonchev–Trinajstić information content (AvgIpc) is 2.56. The van der Waals surface area contributed by atoms with Crippen LogP contribution in [0.5, 0.6) is 17.2 Å². The summed E-state index contributed by atoms with van der Waals surface area (Å²) in [6, 6.07) is 11.3. The van der Waals surface area contributed by atoms with E-state index in [9.17, 15) is 0 Å². The van der Waals surface area contributed by atoms with Crippen molar-refractivity contribution in [1.29, 1.82) is 0 Å². The molecule has 0 spiro atoms. The first-order valence-electron chi connectivity index (χ1n) is 7.33. The first-order chi connectivity index (χ1) is 11.2. The highest BCUT2D eigenvalue weighted by Crippen LogP contribution is 2.30. The number of benzene rings is 2. The van der Waals surface area contributed by atoms with Gasteiger partial charge in [0.1, 0.15) is 19.0 Å². The highest BCUT2D eigenvalue weighted by Gasteiger charge is 2.09. The zero-order valence-corrected chi connectivity index (χ0v) is 13.6. The van der Waals surface area contributed by atoms with Crippen molar-refractivity contribution in [2.24, 2.45) is 5.16 Å². The summed E-state index contributed by atoms with van der Waals surface area (Å²) < 4.78 is 16.7. The van der Waals surface area contributed by atoms with Gasteiger partial charge in [-0.3, -0.25) is 0 Å². The van der Waals surface area contributed by atoms with E-state index in [2.05, 4.69) is 12.1 Å². The zero-order valence-electron chi connectivity index (χ0n) is 13.6. The lowest BCUT2D eigenvalue weighted by Gasteiger charge is -2.13. The minimum Gasteiger partial charge on any atom is -0.493 e. The highest BCUT2D eigenvalue weighted by molar-refractivity contribution is 5.84. The summed E-state index contributed by atoms with van der Waals surface area (Å²) in [7, 11) is 1.56. The predicted octanol–water partition coefficient (Wildman–Crippen LogP) is 3.58. The molecule has 2 aromatic rings. The highest BCUT2D eigenvalue weighted by atomic mass is 16.5. The second-order valence-corrected chi connectivity index (χ2v) is 5.07. The van der Waals surface area contributed by atoms with Crippen LogP contribution >= 0.6 is 0 Å². The van der Waals surface area contributed by atoms with E-state index in [4.69, 9.17) is 19.4 Å². The average molecular weight is 315 g/mol. The number of nitrogens with zero attached hydrogens (tertiary/aromatic N) is 1. The Balaban J connectivity index is 1.97. The maximum Gasteiger partial charge on any atom is 0.170 e. The van der Waals surface area contributed by atoms with Crippen molar-refractivity contribution in [3.8, 4) is 17.2 Å². The third kappa shape index (κ3) is 4.39. The number of para-hydroxylation sites is 1. The van der Waals surface area contributed by atoms with Crippen molar-refractivity contribution in [3.05, 3.63) is 53.1 Å². The van der Waals surface area contributed by atoms with Gasteiger partial charge in [-0.25, -0.2) is 0 Å². The molecule has 5 heteroatoms. The van der Waals surface area contributed by atoms with E-state index in [0.717, 1.165) is 5.75 Å². The fraction of sp³-hybridized carbons (Fsp3) is 0.278. The zero-order chi connectivity index (χ0) is 16.7.